The summed E-state index contributed by atoms with van der Waals surface area (Å²) in [6.45, 7) is 0. The molecule has 2 bridgehead atoms. The fraction of sp³-hybridized carbons (Fsp3) is 0.533. The lowest BCUT2D eigenvalue weighted by molar-refractivity contribution is 0.00598. The van der Waals surface area contributed by atoms with Crippen LogP contribution in [0.5, 0.6) is 0 Å². The Balaban J connectivity index is 2.00. The van der Waals surface area contributed by atoms with E-state index in [-0.39, 0.29) is 28.9 Å². The van der Waals surface area contributed by atoms with Crippen molar-refractivity contribution in [2.75, 3.05) is 0 Å². The van der Waals surface area contributed by atoms with Crippen molar-refractivity contribution in [2.24, 2.45) is 0 Å². The van der Waals surface area contributed by atoms with E-state index in [2.05, 4.69) is 0 Å². The zero-order valence-corrected chi connectivity index (χ0v) is 12.1. The van der Waals surface area contributed by atoms with Gasteiger partial charge in [0.15, 0.2) is 0 Å². The van der Waals surface area contributed by atoms with Crippen molar-refractivity contribution in [3.05, 3.63) is 34.9 Å². The highest BCUT2D eigenvalue weighted by molar-refractivity contribution is 7.86. The molecule has 2 heterocycles. The zero-order chi connectivity index (χ0) is 15.2. The summed E-state index contributed by atoms with van der Waals surface area (Å²) in [5.74, 6) is -1.92. The van der Waals surface area contributed by atoms with Gasteiger partial charge in [-0.2, -0.15) is 5.26 Å². The molecule has 3 nitrogen and oxygen atoms in total. The number of halogens is 2. The monoisotopic (exact) mass is 311 g/mol. The van der Waals surface area contributed by atoms with Crippen LogP contribution in [0.2, 0.25) is 0 Å². The van der Waals surface area contributed by atoms with Gasteiger partial charge in [0.1, 0.15) is 23.3 Å². The summed E-state index contributed by atoms with van der Waals surface area (Å²) in [5.41, 5.74) is -1.86. The topological polar surface area (TPSA) is 61.1 Å². The third kappa shape index (κ3) is 2.39. The van der Waals surface area contributed by atoms with Gasteiger partial charge in [0.05, 0.1) is 5.60 Å². The van der Waals surface area contributed by atoms with E-state index >= 15 is 0 Å². The van der Waals surface area contributed by atoms with Gasteiger partial charge in [-0.15, -0.1) is 0 Å². The van der Waals surface area contributed by atoms with Gasteiger partial charge in [0.2, 0.25) is 0 Å². The van der Waals surface area contributed by atoms with Crippen LogP contribution in [0.15, 0.2) is 12.1 Å². The van der Waals surface area contributed by atoms with E-state index in [1.54, 1.807) is 0 Å². The van der Waals surface area contributed by atoms with Gasteiger partial charge in [-0.25, -0.2) is 8.78 Å². The second-order valence-electron chi connectivity index (χ2n) is 5.87. The van der Waals surface area contributed by atoms with Crippen LogP contribution < -0.4 is 0 Å². The van der Waals surface area contributed by atoms with Gasteiger partial charge in [-0.3, -0.25) is 4.21 Å². The first-order valence-corrected chi connectivity index (χ1v) is 8.23. The third-order valence-electron chi connectivity index (χ3n) is 4.53. The predicted molar refractivity (Wildman–Crippen MR) is 73.8 cm³/mol. The highest BCUT2D eigenvalue weighted by atomic mass is 32.2. The van der Waals surface area contributed by atoms with Crippen molar-refractivity contribution < 1.29 is 18.1 Å². The maximum atomic E-state index is 13.8. The highest BCUT2D eigenvalue weighted by Crippen LogP contribution is 2.44. The Hall–Kier alpha value is -1.32. The number of fused-ring (bicyclic) bond motifs is 2. The molecule has 2 aliphatic rings. The van der Waals surface area contributed by atoms with Crippen LogP contribution in [0, 0.1) is 23.0 Å². The molecule has 0 aliphatic carbocycles. The van der Waals surface area contributed by atoms with Crippen molar-refractivity contribution in [2.45, 2.75) is 48.2 Å². The number of rotatable bonds is 1. The van der Waals surface area contributed by atoms with Crippen molar-refractivity contribution in [1.29, 1.82) is 5.26 Å². The number of nitriles is 1. The summed E-state index contributed by atoms with van der Waals surface area (Å²) in [5, 5.41) is 19.3. The summed E-state index contributed by atoms with van der Waals surface area (Å²) < 4.78 is 39.7. The molecule has 112 valence electrons. The Morgan fingerprint density at radius 1 is 1.24 bits per heavy atom. The molecule has 0 spiro atoms. The number of hydrogen-bond donors (Lipinski definition) is 1. The van der Waals surface area contributed by atoms with Crippen LogP contribution in [-0.2, 0) is 16.4 Å². The van der Waals surface area contributed by atoms with Gasteiger partial charge in [-0.1, -0.05) is 6.42 Å². The first-order chi connectivity index (χ1) is 9.94. The first kappa shape index (κ1) is 14.6. The zero-order valence-electron chi connectivity index (χ0n) is 11.3. The maximum absolute atomic E-state index is 13.8. The van der Waals surface area contributed by atoms with E-state index in [9.17, 15) is 18.1 Å². The first-order valence-electron chi connectivity index (χ1n) is 6.96. The molecule has 0 amide bonds. The molecular formula is C15H15F2NO2S. The molecule has 2 aliphatic heterocycles. The molecule has 3 rings (SSSR count). The Kier molecular flexibility index (Phi) is 3.58. The lowest BCUT2D eigenvalue weighted by Gasteiger charge is -2.43. The molecule has 2 unspecified atom stereocenters. The molecule has 0 aromatic heterocycles. The molecule has 2 saturated heterocycles. The SMILES string of the molecule is N#Cc1c(F)cc(C2(O)CC3CCCC(C2)S3=O)cc1F. The van der Waals surface area contributed by atoms with Crippen molar-refractivity contribution in [3.63, 3.8) is 0 Å². The van der Waals surface area contributed by atoms with Crippen LogP contribution in [0.1, 0.15) is 43.2 Å². The van der Waals surface area contributed by atoms with E-state index < -0.39 is 33.6 Å². The van der Waals surface area contributed by atoms with E-state index in [4.69, 9.17) is 5.26 Å². The summed E-state index contributed by atoms with van der Waals surface area (Å²) >= 11 is 0. The Morgan fingerprint density at radius 3 is 2.24 bits per heavy atom. The average molecular weight is 311 g/mol. The summed E-state index contributed by atoms with van der Waals surface area (Å²) in [4.78, 5) is 0. The molecule has 21 heavy (non-hydrogen) atoms. The summed E-state index contributed by atoms with van der Waals surface area (Å²) in [6, 6.07) is 3.54. The van der Waals surface area contributed by atoms with Crippen LogP contribution in [-0.4, -0.2) is 19.8 Å². The quantitative estimate of drug-likeness (QED) is 0.867. The Labute approximate surface area is 124 Å². The summed E-state index contributed by atoms with van der Waals surface area (Å²) in [7, 11) is -0.973. The van der Waals surface area contributed by atoms with E-state index in [0.717, 1.165) is 31.4 Å². The van der Waals surface area contributed by atoms with Crippen LogP contribution in [0.25, 0.3) is 0 Å². The smallest absolute Gasteiger partial charge is 0.144 e. The van der Waals surface area contributed by atoms with E-state index in [0.29, 0.717) is 0 Å². The molecule has 2 atom stereocenters. The standard InChI is InChI=1S/C15H15F2NO2S/c16-13-4-9(5-14(17)12(13)8-18)15(19)6-10-2-1-3-11(7-15)21(10)20/h4-5,10-11,19H,1-3,6-7H2. The second kappa shape index (κ2) is 5.15. The Morgan fingerprint density at radius 2 is 1.76 bits per heavy atom. The van der Waals surface area contributed by atoms with Gasteiger partial charge in [-0.05, 0) is 43.4 Å². The Bertz CT molecular complexity index is 617. The van der Waals surface area contributed by atoms with Gasteiger partial charge >= 0.3 is 0 Å². The fourth-order valence-electron chi connectivity index (χ4n) is 3.47. The minimum absolute atomic E-state index is 0.121. The molecule has 1 aromatic rings. The van der Waals surface area contributed by atoms with E-state index in [1.165, 1.54) is 6.07 Å². The number of benzene rings is 1. The number of hydrogen-bond acceptors (Lipinski definition) is 3. The molecule has 2 fully saturated rings. The minimum atomic E-state index is -1.36. The predicted octanol–water partition coefficient (Wildman–Crippen LogP) is 2.49. The highest BCUT2D eigenvalue weighted by Gasteiger charge is 2.46. The molecule has 0 saturated carbocycles. The number of aliphatic hydroxyl groups is 1. The largest absolute Gasteiger partial charge is 0.385 e. The van der Waals surface area contributed by atoms with Gasteiger partial charge in [0.25, 0.3) is 0 Å². The molecule has 6 heteroatoms. The van der Waals surface area contributed by atoms with Crippen LogP contribution in [0.3, 0.4) is 0 Å². The lowest BCUT2D eigenvalue weighted by atomic mass is 9.80. The third-order valence-corrected chi connectivity index (χ3v) is 6.65. The molecular weight excluding hydrogens is 296 g/mol. The molecule has 0 radical (unpaired) electrons. The summed E-state index contributed by atoms with van der Waals surface area (Å²) in [6.07, 6.45) is 3.02. The van der Waals surface area contributed by atoms with Crippen LogP contribution in [0.4, 0.5) is 8.78 Å². The second-order valence-corrected chi connectivity index (χ2v) is 7.86. The van der Waals surface area contributed by atoms with Crippen molar-refractivity contribution >= 4 is 10.8 Å². The molecule has 1 N–H and O–H groups in total. The molecule has 1 aromatic carbocycles. The number of nitrogens with zero attached hydrogens (tertiary/aromatic N) is 1. The van der Waals surface area contributed by atoms with Gasteiger partial charge < -0.3 is 5.11 Å². The maximum Gasteiger partial charge on any atom is 0.144 e. The normalized spacial score (nSPS) is 35.2. The minimum Gasteiger partial charge on any atom is -0.385 e. The van der Waals surface area contributed by atoms with E-state index in [1.807, 2.05) is 0 Å². The van der Waals surface area contributed by atoms with Crippen molar-refractivity contribution in [3.8, 4) is 6.07 Å². The van der Waals surface area contributed by atoms with Gasteiger partial charge in [0, 0.05) is 21.3 Å². The lowest BCUT2D eigenvalue weighted by Crippen LogP contribution is -2.47. The van der Waals surface area contributed by atoms with Crippen molar-refractivity contribution in [1.82, 2.24) is 0 Å². The fourth-order valence-corrected chi connectivity index (χ4v) is 5.69. The average Bonchev–Trinajstić information content (AvgIpc) is 2.40. The van der Waals surface area contributed by atoms with Crippen LogP contribution >= 0.6 is 0 Å².